The number of hydrogen-bond donors (Lipinski definition) is 2. The van der Waals surface area contributed by atoms with Gasteiger partial charge in [-0.25, -0.2) is 4.79 Å². The fraction of sp³-hybridized carbons (Fsp3) is 0.500. The lowest BCUT2D eigenvalue weighted by atomic mass is 9.64. The number of carbonyl (C=O) groups excluding carboxylic acids is 4. The number of aryl methyl sites for hydroxylation is 1. The number of rotatable bonds is 5. The molecule has 2 fully saturated rings. The van der Waals surface area contributed by atoms with Crippen LogP contribution in [0.3, 0.4) is 0 Å². The zero-order chi connectivity index (χ0) is 23.3. The number of urea groups is 1. The maximum atomic E-state index is 13.1. The van der Waals surface area contributed by atoms with Crippen molar-refractivity contribution in [1.82, 2.24) is 15.2 Å². The predicted octanol–water partition coefficient (Wildman–Crippen LogP) is 3.34. The molecule has 1 spiro atoms. The number of hydrogen-bond acceptors (Lipinski definition) is 5. The first-order valence-electron chi connectivity index (χ1n) is 10.9. The number of ketones is 1. The Labute approximate surface area is 186 Å². The number of benzene rings is 1. The Balaban J connectivity index is 1.41. The van der Waals surface area contributed by atoms with Crippen LogP contribution in [0, 0.1) is 18.3 Å². The van der Waals surface area contributed by atoms with Gasteiger partial charge in [0.2, 0.25) is 5.78 Å². The molecule has 2 unspecified atom stereocenters. The smallest absolute Gasteiger partial charge is 0.326 e. The van der Waals surface area contributed by atoms with Crippen molar-refractivity contribution in [2.24, 2.45) is 11.3 Å². The summed E-state index contributed by atoms with van der Waals surface area (Å²) in [6, 6.07) is 6.81. The molecular weight excluding hydrogens is 410 g/mol. The van der Waals surface area contributed by atoms with E-state index in [2.05, 4.69) is 31.1 Å². The number of aromatic amines is 1. The van der Waals surface area contributed by atoms with Crippen molar-refractivity contribution >= 4 is 34.6 Å². The molecule has 3 amide bonds. The summed E-state index contributed by atoms with van der Waals surface area (Å²) >= 11 is 0. The molecule has 1 aliphatic carbocycles. The lowest BCUT2D eigenvalue weighted by Gasteiger charge is -2.43. The number of amides is 3. The largest absolute Gasteiger partial charge is 0.456 e. The Morgan fingerprint density at radius 1 is 1.19 bits per heavy atom. The van der Waals surface area contributed by atoms with Crippen molar-refractivity contribution in [3.05, 3.63) is 35.5 Å². The highest BCUT2D eigenvalue weighted by Crippen LogP contribution is 2.46. The normalized spacial score (nSPS) is 24.8. The second-order valence-corrected chi connectivity index (χ2v) is 10.0. The molecule has 2 aliphatic rings. The van der Waals surface area contributed by atoms with Crippen molar-refractivity contribution in [3.8, 4) is 0 Å². The Morgan fingerprint density at radius 2 is 1.91 bits per heavy atom. The summed E-state index contributed by atoms with van der Waals surface area (Å²) in [5, 5.41) is 3.59. The van der Waals surface area contributed by atoms with E-state index in [4.69, 9.17) is 4.74 Å². The van der Waals surface area contributed by atoms with Gasteiger partial charge in [-0.3, -0.25) is 19.3 Å². The molecule has 1 aromatic heterocycles. The van der Waals surface area contributed by atoms with Crippen LogP contribution in [0.25, 0.3) is 10.9 Å². The molecule has 1 aromatic carbocycles. The van der Waals surface area contributed by atoms with Gasteiger partial charge in [-0.1, -0.05) is 39.0 Å². The summed E-state index contributed by atoms with van der Waals surface area (Å²) in [5.74, 6) is -1.26. The van der Waals surface area contributed by atoms with Gasteiger partial charge >= 0.3 is 12.0 Å². The molecule has 32 heavy (non-hydrogen) atoms. The minimum atomic E-state index is -0.977. The van der Waals surface area contributed by atoms with Crippen LogP contribution in [0.2, 0.25) is 0 Å². The molecule has 1 saturated carbocycles. The van der Waals surface area contributed by atoms with Crippen LogP contribution in [0.4, 0.5) is 4.79 Å². The molecule has 0 bridgehead atoms. The first-order chi connectivity index (χ1) is 15.0. The zero-order valence-electron chi connectivity index (χ0n) is 18.9. The molecule has 2 N–H and O–H groups in total. The molecule has 8 heteroatoms. The molecule has 2 aromatic rings. The SMILES string of the molecule is Cc1[nH]c2ccccc2c1C(=O)COC(=O)CN1C(=O)NC2(CC(C)CC(C)(C)C2)C1=O. The third kappa shape index (κ3) is 3.89. The van der Waals surface area contributed by atoms with Gasteiger partial charge in [0.1, 0.15) is 12.1 Å². The number of fused-ring (bicyclic) bond motifs is 1. The Morgan fingerprint density at radius 3 is 2.62 bits per heavy atom. The number of ether oxygens (including phenoxy) is 1. The summed E-state index contributed by atoms with van der Waals surface area (Å²) < 4.78 is 5.15. The average Bonchev–Trinajstić information content (AvgIpc) is 3.13. The first kappa shape index (κ1) is 22.0. The van der Waals surface area contributed by atoms with Gasteiger partial charge in [0.15, 0.2) is 6.61 Å². The van der Waals surface area contributed by atoms with Crippen molar-refractivity contribution in [3.63, 3.8) is 0 Å². The first-order valence-corrected chi connectivity index (χ1v) is 10.9. The topological polar surface area (TPSA) is 109 Å². The van der Waals surface area contributed by atoms with E-state index in [9.17, 15) is 19.2 Å². The van der Waals surface area contributed by atoms with E-state index in [1.54, 1.807) is 6.92 Å². The zero-order valence-corrected chi connectivity index (χ0v) is 18.9. The van der Waals surface area contributed by atoms with Crippen molar-refractivity contribution in [2.75, 3.05) is 13.2 Å². The maximum Gasteiger partial charge on any atom is 0.326 e. The summed E-state index contributed by atoms with van der Waals surface area (Å²) in [5.41, 5.74) is 0.919. The van der Waals surface area contributed by atoms with Crippen LogP contribution < -0.4 is 5.32 Å². The molecule has 2 atom stereocenters. The van der Waals surface area contributed by atoms with E-state index in [0.29, 0.717) is 24.1 Å². The summed E-state index contributed by atoms with van der Waals surface area (Å²) in [6.07, 6.45) is 2.04. The van der Waals surface area contributed by atoms with Gasteiger partial charge in [0.25, 0.3) is 5.91 Å². The fourth-order valence-corrected chi connectivity index (χ4v) is 5.68. The third-order valence-corrected chi connectivity index (χ3v) is 6.45. The predicted molar refractivity (Wildman–Crippen MR) is 118 cm³/mol. The molecule has 170 valence electrons. The Kier molecular flexibility index (Phi) is 5.35. The number of imide groups is 1. The van der Waals surface area contributed by atoms with Gasteiger partial charge in [-0.2, -0.15) is 0 Å². The lowest BCUT2D eigenvalue weighted by molar-refractivity contribution is -0.147. The molecule has 0 radical (unpaired) electrons. The van der Waals surface area contributed by atoms with Crippen LogP contribution in [0.15, 0.2) is 24.3 Å². The highest BCUT2D eigenvalue weighted by molar-refractivity contribution is 6.11. The molecule has 1 aliphatic heterocycles. The maximum absolute atomic E-state index is 13.1. The number of esters is 1. The second kappa shape index (κ2) is 7.76. The van der Waals surface area contributed by atoms with E-state index in [0.717, 1.165) is 22.2 Å². The van der Waals surface area contributed by atoms with E-state index in [1.807, 2.05) is 24.3 Å². The number of aromatic nitrogens is 1. The number of carbonyl (C=O) groups is 4. The number of H-pyrrole nitrogens is 1. The Bertz CT molecular complexity index is 1120. The molecule has 8 nitrogen and oxygen atoms in total. The summed E-state index contributed by atoms with van der Waals surface area (Å²) in [4.78, 5) is 54.9. The van der Waals surface area contributed by atoms with Gasteiger partial charge in [-0.05, 0) is 43.6 Å². The molecule has 4 rings (SSSR count). The van der Waals surface area contributed by atoms with E-state index < -0.39 is 36.6 Å². The Hall–Kier alpha value is -3.16. The van der Waals surface area contributed by atoms with Gasteiger partial charge in [-0.15, -0.1) is 0 Å². The summed E-state index contributed by atoms with van der Waals surface area (Å²) in [7, 11) is 0. The van der Waals surface area contributed by atoms with Crippen LogP contribution in [-0.4, -0.2) is 52.3 Å². The number of Topliss-reactive ketones (excluding diaryl/α,β-unsaturated/α-hetero) is 1. The quantitative estimate of drug-likeness (QED) is 0.422. The fourth-order valence-electron chi connectivity index (χ4n) is 5.68. The van der Waals surface area contributed by atoms with Crippen molar-refractivity contribution in [1.29, 1.82) is 0 Å². The average molecular weight is 440 g/mol. The van der Waals surface area contributed by atoms with E-state index in [1.165, 1.54) is 0 Å². The number of nitrogens with zero attached hydrogens (tertiary/aromatic N) is 1. The molecular formula is C24H29N3O5. The van der Waals surface area contributed by atoms with Gasteiger partial charge in [0.05, 0.1) is 0 Å². The van der Waals surface area contributed by atoms with Crippen LogP contribution >= 0.6 is 0 Å². The van der Waals surface area contributed by atoms with Crippen LogP contribution in [-0.2, 0) is 14.3 Å². The van der Waals surface area contributed by atoms with Crippen molar-refractivity contribution < 1.29 is 23.9 Å². The van der Waals surface area contributed by atoms with Crippen molar-refractivity contribution in [2.45, 2.75) is 52.5 Å². The minimum absolute atomic E-state index is 0.0965. The molecule has 1 saturated heterocycles. The monoisotopic (exact) mass is 439 g/mol. The highest BCUT2D eigenvalue weighted by Gasteiger charge is 2.56. The number of nitrogens with one attached hydrogen (secondary N) is 2. The second-order valence-electron chi connectivity index (χ2n) is 10.0. The van der Waals surface area contributed by atoms with E-state index in [-0.39, 0.29) is 17.1 Å². The van der Waals surface area contributed by atoms with Crippen LogP contribution in [0.1, 0.15) is 56.1 Å². The highest BCUT2D eigenvalue weighted by atomic mass is 16.5. The molecule has 2 heterocycles. The standard InChI is InChI=1S/C24H29N3O5/c1-14-9-23(3,4)13-24(10-14)21(30)27(22(31)26-24)11-19(29)32-12-18(28)20-15(2)25-17-8-6-5-7-16(17)20/h5-8,14,25H,9-13H2,1-4H3,(H,26,31). The van der Waals surface area contributed by atoms with Gasteiger partial charge < -0.3 is 15.0 Å². The third-order valence-electron chi connectivity index (χ3n) is 6.45. The minimum Gasteiger partial charge on any atom is -0.456 e. The van der Waals surface area contributed by atoms with E-state index >= 15 is 0 Å². The summed E-state index contributed by atoms with van der Waals surface area (Å²) in [6.45, 7) is 7.05. The van der Waals surface area contributed by atoms with Gasteiger partial charge in [0, 0.05) is 22.2 Å². The number of para-hydroxylation sites is 1. The van der Waals surface area contributed by atoms with Crippen LogP contribution in [0.5, 0.6) is 0 Å². The lowest BCUT2D eigenvalue weighted by Crippen LogP contribution is -2.54.